The third-order valence-corrected chi connectivity index (χ3v) is 15.9. The minimum Gasteiger partial charge on any atom is -0.391 e. The minimum absolute atomic E-state index is 0.0761. The fraction of sp³-hybridized carbons (Fsp3) is 0.892. The fourth-order valence-electron chi connectivity index (χ4n) is 9.82. The Morgan fingerprint density at radius 3 is 1.12 bits per heavy atom. The Morgan fingerprint density at radius 2 is 0.770 bits per heavy atom. The molecule has 3 unspecified atom stereocenters. The van der Waals surface area contributed by atoms with Crippen LogP contribution in [0.4, 0.5) is 0 Å². The van der Waals surface area contributed by atoms with Gasteiger partial charge in [0.2, 0.25) is 5.91 Å². The third-order valence-electron chi connectivity index (χ3n) is 14.9. The van der Waals surface area contributed by atoms with Crippen molar-refractivity contribution in [3.63, 3.8) is 0 Å². The zero-order chi connectivity index (χ0) is 54.2. The van der Waals surface area contributed by atoms with Crippen molar-refractivity contribution in [2.45, 2.75) is 334 Å². The predicted octanol–water partition coefficient (Wildman–Crippen LogP) is 20.1. The molecule has 9 heteroatoms. The average Bonchev–Trinajstić information content (AvgIpc) is 3.36. The van der Waals surface area contributed by atoms with E-state index in [0.717, 1.165) is 51.4 Å². The summed E-state index contributed by atoms with van der Waals surface area (Å²) in [6.45, 7) is 4.92. The molecule has 0 aromatic rings. The molecule has 1 amide bonds. The Labute approximate surface area is 461 Å². The molecule has 3 atom stereocenters. The molecule has 0 radical (unpaired) electrons. The number of allylic oxidation sites excluding steroid dienone is 6. The molecule has 438 valence electrons. The van der Waals surface area contributed by atoms with Crippen LogP contribution in [0.3, 0.4) is 0 Å². The number of carbonyl (C=O) groups is 1. The summed E-state index contributed by atoms with van der Waals surface area (Å²) in [5.41, 5.74) is 0. The van der Waals surface area contributed by atoms with Crippen molar-refractivity contribution in [1.29, 1.82) is 0 Å². The lowest BCUT2D eigenvalue weighted by molar-refractivity contribution is -0.870. The van der Waals surface area contributed by atoms with E-state index in [-0.39, 0.29) is 19.1 Å². The van der Waals surface area contributed by atoms with Crippen molar-refractivity contribution in [2.75, 3.05) is 40.9 Å². The summed E-state index contributed by atoms with van der Waals surface area (Å²) in [6.07, 6.45) is 73.6. The van der Waals surface area contributed by atoms with Crippen molar-refractivity contribution in [3.05, 3.63) is 36.5 Å². The normalized spacial score (nSPS) is 14.0. The number of aliphatic hydroxyl groups is 1. The lowest BCUT2D eigenvalue weighted by Crippen LogP contribution is -2.46. The SMILES string of the molecule is CCCCCCC/C=C\C/C=C\C/C=C\CCCCCCCCCCCCCCCCCCC(=O)NC(COP(=O)(O)OCC[N+](C)(C)C)C(O)CCCCCCCCCCCCCCCCCCCCCCC. The summed E-state index contributed by atoms with van der Waals surface area (Å²) in [6, 6.07) is -0.761. The molecular weight excluding hydrogens is 936 g/mol. The fourth-order valence-corrected chi connectivity index (χ4v) is 10.6. The number of phosphoric ester groups is 1. The highest BCUT2D eigenvalue weighted by molar-refractivity contribution is 7.47. The van der Waals surface area contributed by atoms with Gasteiger partial charge in [0, 0.05) is 6.42 Å². The zero-order valence-electron chi connectivity index (χ0n) is 50.1. The van der Waals surface area contributed by atoms with Crippen molar-refractivity contribution < 1.29 is 32.9 Å². The summed E-state index contributed by atoms with van der Waals surface area (Å²) in [5, 5.41) is 14.1. The van der Waals surface area contributed by atoms with Gasteiger partial charge < -0.3 is 19.8 Å². The number of hydrogen-bond acceptors (Lipinski definition) is 5. The van der Waals surface area contributed by atoms with Gasteiger partial charge in [-0.3, -0.25) is 13.8 Å². The molecule has 8 nitrogen and oxygen atoms in total. The summed E-state index contributed by atoms with van der Waals surface area (Å²) in [4.78, 5) is 23.4. The van der Waals surface area contributed by atoms with E-state index in [2.05, 4.69) is 55.6 Å². The van der Waals surface area contributed by atoms with Gasteiger partial charge >= 0.3 is 7.82 Å². The Bertz CT molecular complexity index is 1300. The molecule has 3 N–H and O–H groups in total. The highest BCUT2D eigenvalue weighted by Crippen LogP contribution is 2.43. The van der Waals surface area contributed by atoms with E-state index in [4.69, 9.17) is 9.05 Å². The molecule has 0 bridgehead atoms. The maximum atomic E-state index is 13.0. The van der Waals surface area contributed by atoms with Crippen LogP contribution < -0.4 is 5.32 Å². The van der Waals surface area contributed by atoms with Gasteiger partial charge in [0.1, 0.15) is 13.2 Å². The number of nitrogens with one attached hydrogen (secondary N) is 1. The summed E-state index contributed by atoms with van der Waals surface area (Å²) in [7, 11) is 1.63. The smallest absolute Gasteiger partial charge is 0.391 e. The van der Waals surface area contributed by atoms with E-state index in [0.29, 0.717) is 23.9 Å². The van der Waals surface area contributed by atoms with Crippen LogP contribution in [0.25, 0.3) is 0 Å². The standard InChI is InChI=1S/C65H127N2O6P/c1-6-8-10-12-14-16-18-20-22-24-26-28-29-30-31-32-33-34-35-36-37-39-41-43-45-47-49-51-53-55-57-59-65(69)66-63(62-73-74(70,71)72-61-60-67(3,4)5)64(68)58-56-54-52-50-48-46-44-42-40-38-27-25-23-21-19-17-15-13-11-9-7-2/h18,20,24,26,29-30,63-64,68H,6-17,19,21-23,25,27-28,31-62H2,1-5H3,(H-,66,69,70,71)/p+1/b20-18-,26-24-,30-29-. The van der Waals surface area contributed by atoms with Crippen LogP contribution in [-0.4, -0.2) is 73.4 Å². The number of amides is 1. The maximum absolute atomic E-state index is 13.0. The number of nitrogens with zero attached hydrogens (tertiary/aromatic N) is 1. The molecular formula is C65H128N2O6P+. The first-order chi connectivity index (χ1) is 36.0. The molecule has 0 aliphatic heterocycles. The first-order valence-electron chi connectivity index (χ1n) is 32.4. The Balaban J connectivity index is 4.05. The van der Waals surface area contributed by atoms with Gasteiger partial charge in [0.05, 0.1) is 39.9 Å². The van der Waals surface area contributed by atoms with Gasteiger partial charge in [-0.2, -0.15) is 0 Å². The van der Waals surface area contributed by atoms with Crippen LogP contribution in [0.1, 0.15) is 322 Å². The van der Waals surface area contributed by atoms with Crippen LogP contribution in [0.5, 0.6) is 0 Å². The zero-order valence-corrected chi connectivity index (χ0v) is 51.0. The molecule has 0 spiro atoms. The van der Waals surface area contributed by atoms with Crippen LogP contribution in [-0.2, 0) is 18.4 Å². The molecule has 0 fully saturated rings. The molecule has 74 heavy (non-hydrogen) atoms. The quantitative estimate of drug-likeness (QED) is 0.0243. The molecule has 0 aliphatic rings. The number of hydrogen-bond donors (Lipinski definition) is 3. The maximum Gasteiger partial charge on any atom is 0.472 e. The summed E-state index contributed by atoms with van der Waals surface area (Å²) < 4.78 is 23.9. The molecule has 0 aromatic carbocycles. The molecule has 0 rings (SSSR count). The second-order valence-corrected chi connectivity index (χ2v) is 25.0. The van der Waals surface area contributed by atoms with Crippen LogP contribution in [0.2, 0.25) is 0 Å². The second kappa shape index (κ2) is 56.4. The van der Waals surface area contributed by atoms with Crippen molar-refractivity contribution in [2.24, 2.45) is 0 Å². The number of phosphoric acid groups is 1. The predicted molar refractivity (Wildman–Crippen MR) is 323 cm³/mol. The number of likely N-dealkylation sites (N-methyl/N-ethyl adjacent to an activating group) is 1. The molecule has 0 heterocycles. The largest absolute Gasteiger partial charge is 0.472 e. The van der Waals surface area contributed by atoms with E-state index < -0.39 is 20.0 Å². The molecule has 0 saturated carbocycles. The molecule has 0 aliphatic carbocycles. The Kier molecular flexibility index (Phi) is 55.5. The monoisotopic (exact) mass is 1060 g/mol. The van der Waals surface area contributed by atoms with Crippen molar-refractivity contribution >= 4 is 13.7 Å². The lowest BCUT2D eigenvalue weighted by Gasteiger charge is -2.26. The highest BCUT2D eigenvalue weighted by Gasteiger charge is 2.28. The number of rotatable bonds is 60. The van der Waals surface area contributed by atoms with Gasteiger partial charge in [-0.05, 0) is 51.4 Å². The van der Waals surface area contributed by atoms with E-state index in [9.17, 15) is 19.4 Å². The number of unbranched alkanes of at least 4 members (excludes halogenated alkanes) is 41. The second-order valence-electron chi connectivity index (χ2n) is 23.5. The number of aliphatic hydroxyl groups excluding tert-OH is 1. The summed E-state index contributed by atoms with van der Waals surface area (Å²) in [5.74, 6) is -0.139. The molecule has 0 aromatic heterocycles. The summed E-state index contributed by atoms with van der Waals surface area (Å²) >= 11 is 0. The van der Waals surface area contributed by atoms with Gasteiger partial charge in [-0.1, -0.05) is 301 Å². The van der Waals surface area contributed by atoms with Gasteiger partial charge in [-0.25, -0.2) is 4.57 Å². The third kappa shape index (κ3) is 58.4. The first kappa shape index (κ1) is 72.7. The topological polar surface area (TPSA) is 105 Å². The van der Waals surface area contributed by atoms with Crippen molar-refractivity contribution in [3.8, 4) is 0 Å². The van der Waals surface area contributed by atoms with Gasteiger partial charge in [0.15, 0.2) is 0 Å². The van der Waals surface area contributed by atoms with E-state index in [1.807, 2.05) is 21.1 Å². The average molecular weight is 1060 g/mol. The first-order valence-corrected chi connectivity index (χ1v) is 33.8. The van der Waals surface area contributed by atoms with Gasteiger partial charge in [0.25, 0.3) is 0 Å². The Hall–Kier alpha value is -1.28. The van der Waals surface area contributed by atoms with Crippen LogP contribution in [0, 0.1) is 0 Å². The van der Waals surface area contributed by atoms with Crippen LogP contribution in [0.15, 0.2) is 36.5 Å². The minimum atomic E-state index is -4.33. The van der Waals surface area contributed by atoms with Gasteiger partial charge in [-0.15, -0.1) is 0 Å². The van der Waals surface area contributed by atoms with Crippen LogP contribution >= 0.6 is 7.82 Å². The van der Waals surface area contributed by atoms with E-state index >= 15 is 0 Å². The van der Waals surface area contributed by atoms with Crippen molar-refractivity contribution in [1.82, 2.24) is 5.32 Å². The number of quaternary nitrogens is 1. The van der Waals surface area contributed by atoms with E-state index in [1.165, 1.54) is 244 Å². The highest BCUT2D eigenvalue weighted by atomic mass is 31.2. The van der Waals surface area contributed by atoms with E-state index in [1.54, 1.807) is 0 Å². The lowest BCUT2D eigenvalue weighted by atomic mass is 10.0. The Morgan fingerprint density at radius 1 is 0.459 bits per heavy atom. The molecule has 0 saturated heterocycles. The number of carbonyl (C=O) groups excluding carboxylic acids is 1.